The van der Waals surface area contributed by atoms with Crippen molar-refractivity contribution in [2.24, 2.45) is 35.5 Å². The Balaban J connectivity index is 1.13. The van der Waals surface area contributed by atoms with Crippen LogP contribution in [0.5, 0.6) is 0 Å². The molecule has 4 saturated carbocycles. The summed E-state index contributed by atoms with van der Waals surface area (Å²) >= 11 is 0. The summed E-state index contributed by atoms with van der Waals surface area (Å²) in [5, 5.41) is 0. The Morgan fingerprint density at radius 3 is 0.925 bits per heavy atom. The monoisotopic (exact) mass is 557 g/mol. The molecule has 0 nitrogen and oxygen atoms in total. The first-order valence-corrected chi connectivity index (χ1v) is 19.8. The van der Waals surface area contributed by atoms with Gasteiger partial charge in [0.15, 0.2) is 0 Å². The van der Waals surface area contributed by atoms with Gasteiger partial charge in [-0.05, 0) is 67.6 Å². The van der Waals surface area contributed by atoms with E-state index in [0.717, 1.165) is 35.5 Å². The Bertz CT molecular complexity index is 534. The fraction of sp³-hybridized carbons (Fsp3) is 1.00. The highest BCUT2D eigenvalue weighted by Gasteiger charge is 2.49. The highest BCUT2D eigenvalue weighted by Crippen LogP contribution is 2.59. The minimum Gasteiger partial charge on any atom is -0.0654 e. The summed E-state index contributed by atoms with van der Waals surface area (Å²) in [5.41, 5.74) is 0. The maximum absolute atomic E-state index is 2.36. The van der Waals surface area contributed by atoms with Crippen LogP contribution < -0.4 is 0 Å². The average molecular weight is 557 g/mol. The van der Waals surface area contributed by atoms with Crippen LogP contribution in [-0.4, -0.2) is 0 Å². The second kappa shape index (κ2) is 22.5. The molecule has 4 bridgehead atoms. The van der Waals surface area contributed by atoms with E-state index in [1.165, 1.54) is 154 Å². The van der Waals surface area contributed by atoms with Crippen LogP contribution in [0.4, 0.5) is 0 Å². The number of unbranched alkanes of at least 4 members (excludes halogenated alkanes) is 23. The molecule has 4 aliphatic carbocycles. The van der Waals surface area contributed by atoms with Gasteiger partial charge in [-0.25, -0.2) is 0 Å². The van der Waals surface area contributed by atoms with Gasteiger partial charge in [0.1, 0.15) is 0 Å². The molecule has 1 atom stereocenters. The van der Waals surface area contributed by atoms with Gasteiger partial charge in [0.25, 0.3) is 0 Å². The molecule has 0 N–H and O–H groups in total. The quantitative estimate of drug-likeness (QED) is 0.0840. The number of hydrogen-bond donors (Lipinski definition) is 0. The third-order valence-corrected chi connectivity index (χ3v) is 12.0. The lowest BCUT2D eigenvalue weighted by molar-refractivity contribution is -0.0654. The van der Waals surface area contributed by atoms with E-state index in [-0.39, 0.29) is 0 Å². The molecule has 1 unspecified atom stereocenters. The zero-order valence-electron chi connectivity index (χ0n) is 28.1. The van der Waals surface area contributed by atoms with E-state index < -0.39 is 0 Å². The van der Waals surface area contributed by atoms with Crippen molar-refractivity contribution in [2.45, 2.75) is 219 Å². The zero-order chi connectivity index (χ0) is 28.1. The SMILES string of the molecule is CCCCCCCCCCCCCCCCCCCCCCC(CCCCCCC)C1C2CC3CC(C2)CC1C3. The second-order valence-electron chi connectivity index (χ2n) is 15.5. The first-order chi connectivity index (χ1) is 19.8. The molecule has 0 aromatic rings. The molecular weight excluding hydrogens is 480 g/mol. The third kappa shape index (κ3) is 14.0. The first kappa shape index (κ1) is 34.5. The van der Waals surface area contributed by atoms with E-state index in [2.05, 4.69) is 13.8 Å². The van der Waals surface area contributed by atoms with Gasteiger partial charge in [0.05, 0.1) is 0 Å². The van der Waals surface area contributed by atoms with Crippen LogP contribution in [-0.2, 0) is 0 Å². The van der Waals surface area contributed by atoms with E-state index in [1.54, 1.807) is 51.4 Å². The molecular formula is C40H76. The van der Waals surface area contributed by atoms with Crippen LogP contribution in [0.3, 0.4) is 0 Å². The fourth-order valence-electron chi connectivity index (χ4n) is 9.94. The van der Waals surface area contributed by atoms with Crippen molar-refractivity contribution < 1.29 is 0 Å². The minimum absolute atomic E-state index is 1.09. The Morgan fingerprint density at radius 1 is 0.350 bits per heavy atom. The standard InChI is InChI=1S/C40H76/c1-3-5-7-9-10-11-12-13-14-15-16-17-18-19-20-21-22-23-25-27-29-37(28-26-24-8-6-4-2)40-38-31-35-30-36(33-38)34-39(40)32-35/h35-40H,3-34H2,1-2H3. The maximum atomic E-state index is 2.36. The van der Waals surface area contributed by atoms with Gasteiger partial charge >= 0.3 is 0 Å². The first-order valence-electron chi connectivity index (χ1n) is 19.8. The van der Waals surface area contributed by atoms with E-state index in [0.29, 0.717) is 0 Å². The van der Waals surface area contributed by atoms with Gasteiger partial charge in [0.2, 0.25) is 0 Å². The van der Waals surface area contributed by atoms with Gasteiger partial charge in [0, 0.05) is 0 Å². The molecule has 0 heterocycles. The molecule has 40 heavy (non-hydrogen) atoms. The molecule has 4 fully saturated rings. The van der Waals surface area contributed by atoms with Crippen molar-refractivity contribution in [3.63, 3.8) is 0 Å². The molecule has 0 heteroatoms. The Kier molecular flexibility index (Phi) is 19.4. The minimum atomic E-state index is 1.09. The van der Waals surface area contributed by atoms with Crippen molar-refractivity contribution >= 4 is 0 Å². The molecule has 0 radical (unpaired) electrons. The Hall–Kier alpha value is 0. The smallest absolute Gasteiger partial charge is 0.0329 e. The molecule has 0 amide bonds. The van der Waals surface area contributed by atoms with Gasteiger partial charge in [-0.1, -0.05) is 187 Å². The van der Waals surface area contributed by atoms with Gasteiger partial charge in [-0.15, -0.1) is 0 Å². The summed E-state index contributed by atoms with van der Waals surface area (Å²) in [5.74, 6) is 6.79. The van der Waals surface area contributed by atoms with Gasteiger partial charge in [-0.2, -0.15) is 0 Å². The van der Waals surface area contributed by atoms with Crippen molar-refractivity contribution in [3.8, 4) is 0 Å². The lowest BCUT2D eigenvalue weighted by Gasteiger charge is -2.56. The zero-order valence-corrected chi connectivity index (χ0v) is 28.1. The van der Waals surface area contributed by atoms with Crippen molar-refractivity contribution in [1.29, 1.82) is 0 Å². The average Bonchev–Trinajstić information content (AvgIpc) is 2.95. The summed E-state index contributed by atoms with van der Waals surface area (Å²) in [6.07, 6.45) is 48.5. The normalized spacial score (nSPS) is 26.1. The summed E-state index contributed by atoms with van der Waals surface area (Å²) < 4.78 is 0. The topological polar surface area (TPSA) is 0 Å². The molecule has 0 saturated heterocycles. The van der Waals surface area contributed by atoms with E-state index in [4.69, 9.17) is 0 Å². The highest BCUT2D eigenvalue weighted by atomic mass is 14.5. The van der Waals surface area contributed by atoms with Crippen LogP contribution in [0.15, 0.2) is 0 Å². The third-order valence-electron chi connectivity index (χ3n) is 12.0. The maximum Gasteiger partial charge on any atom is -0.0329 e. The molecule has 0 spiro atoms. The summed E-state index contributed by atoms with van der Waals surface area (Å²) in [6.45, 7) is 4.67. The molecule has 4 rings (SSSR count). The van der Waals surface area contributed by atoms with Crippen LogP contribution >= 0.6 is 0 Å². The molecule has 0 aromatic carbocycles. The van der Waals surface area contributed by atoms with E-state index in [1.807, 2.05) is 0 Å². The van der Waals surface area contributed by atoms with E-state index >= 15 is 0 Å². The van der Waals surface area contributed by atoms with Crippen LogP contribution in [0.25, 0.3) is 0 Å². The molecule has 0 aromatic heterocycles. The molecule has 0 aliphatic heterocycles. The van der Waals surface area contributed by atoms with E-state index in [9.17, 15) is 0 Å². The number of hydrogen-bond acceptors (Lipinski definition) is 0. The highest BCUT2D eigenvalue weighted by molar-refractivity contribution is 4.99. The predicted octanol–water partition coefficient (Wildman–Crippen LogP) is 14.2. The number of rotatable bonds is 28. The second-order valence-corrected chi connectivity index (χ2v) is 15.5. The van der Waals surface area contributed by atoms with Crippen molar-refractivity contribution in [3.05, 3.63) is 0 Å². The van der Waals surface area contributed by atoms with Crippen molar-refractivity contribution in [2.75, 3.05) is 0 Å². The largest absolute Gasteiger partial charge is 0.0654 e. The molecule has 4 aliphatic rings. The lowest BCUT2D eigenvalue weighted by Crippen LogP contribution is -2.47. The lowest BCUT2D eigenvalue weighted by atomic mass is 9.49. The van der Waals surface area contributed by atoms with Crippen LogP contribution in [0, 0.1) is 35.5 Å². The Labute approximate surface area is 254 Å². The van der Waals surface area contributed by atoms with Gasteiger partial charge in [-0.3, -0.25) is 0 Å². The summed E-state index contributed by atoms with van der Waals surface area (Å²) in [6, 6.07) is 0. The molecule has 236 valence electrons. The predicted molar refractivity (Wildman–Crippen MR) is 180 cm³/mol. The Morgan fingerprint density at radius 2 is 0.625 bits per heavy atom. The van der Waals surface area contributed by atoms with Gasteiger partial charge < -0.3 is 0 Å². The summed E-state index contributed by atoms with van der Waals surface area (Å²) in [7, 11) is 0. The fourth-order valence-corrected chi connectivity index (χ4v) is 9.94. The van der Waals surface area contributed by atoms with Crippen LogP contribution in [0.1, 0.15) is 219 Å². The summed E-state index contributed by atoms with van der Waals surface area (Å²) in [4.78, 5) is 0. The van der Waals surface area contributed by atoms with Crippen molar-refractivity contribution in [1.82, 2.24) is 0 Å². The van der Waals surface area contributed by atoms with Crippen LogP contribution in [0.2, 0.25) is 0 Å².